The smallest absolute Gasteiger partial charge is 0.252 e. The van der Waals surface area contributed by atoms with Crippen LogP contribution in [0.5, 0.6) is 0 Å². The molecule has 2 aromatic carbocycles. The molecule has 1 atom stereocenters. The van der Waals surface area contributed by atoms with Crippen LogP contribution in [0.2, 0.25) is 0 Å². The van der Waals surface area contributed by atoms with Crippen molar-refractivity contribution in [1.82, 2.24) is 14.5 Å². The van der Waals surface area contributed by atoms with Crippen LogP contribution in [0.15, 0.2) is 41.3 Å². The van der Waals surface area contributed by atoms with E-state index in [0.717, 1.165) is 16.7 Å². The number of carbonyl (C=O) groups is 1. The van der Waals surface area contributed by atoms with Crippen LogP contribution in [0.1, 0.15) is 45.6 Å². The molecule has 0 bridgehead atoms. The minimum atomic E-state index is -3.62. The molecule has 0 radical (unpaired) electrons. The number of aryl methyl sites for hydroxylation is 3. The van der Waals surface area contributed by atoms with Crippen LogP contribution in [-0.2, 0) is 10.0 Å². The molecule has 0 spiro atoms. The lowest BCUT2D eigenvalue weighted by Crippen LogP contribution is -2.47. The van der Waals surface area contributed by atoms with Crippen molar-refractivity contribution in [3.63, 3.8) is 0 Å². The van der Waals surface area contributed by atoms with E-state index in [4.69, 9.17) is 0 Å². The van der Waals surface area contributed by atoms with Gasteiger partial charge in [-0.15, -0.1) is 0 Å². The summed E-state index contributed by atoms with van der Waals surface area (Å²) in [6.45, 7) is 10.1. The zero-order valence-electron chi connectivity index (χ0n) is 18.4. The van der Waals surface area contributed by atoms with Gasteiger partial charge < -0.3 is 10.2 Å². The summed E-state index contributed by atoms with van der Waals surface area (Å²) < 4.78 is 27.6. The normalized spacial score (nSPS) is 17.0. The van der Waals surface area contributed by atoms with E-state index in [0.29, 0.717) is 31.7 Å². The van der Waals surface area contributed by atoms with E-state index >= 15 is 0 Å². The molecule has 1 saturated heterocycles. The second-order valence-electron chi connectivity index (χ2n) is 8.24. The molecule has 0 aliphatic carbocycles. The fraction of sp³-hybridized carbons (Fsp3) is 0.435. The molecular formula is C23H31N3O3S. The van der Waals surface area contributed by atoms with Crippen molar-refractivity contribution < 1.29 is 13.2 Å². The molecule has 1 aliphatic heterocycles. The highest BCUT2D eigenvalue weighted by atomic mass is 32.2. The molecule has 30 heavy (non-hydrogen) atoms. The zero-order valence-corrected chi connectivity index (χ0v) is 19.2. The number of hydrogen-bond donors (Lipinski definition) is 1. The Balaban J connectivity index is 1.83. The molecule has 0 saturated carbocycles. The molecule has 7 heteroatoms. The number of piperazine rings is 1. The van der Waals surface area contributed by atoms with Gasteiger partial charge in [0.2, 0.25) is 10.0 Å². The van der Waals surface area contributed by atoms with Crippen LogP contribution >= 0.6 is 0 Å². The van der Waals surface area contributed by atoms with Gasteiger partial charge in [-0.1, -0.05) is 29.8 Å². The minimum Gasteiger partial charge on any atom is -0.345 e. The Labute approximate surface area is 179 Å². The lowest BCUT2D eigenvalue weighted by Gasteiger charge is -2.31. The standard InChI is InChI=1S/C23H31N3O3S/c1-16-6-9-21(18(3)14-16)19(4)24-23(27)22-15-20(8-7-17(22)2)30(28,29)26-12-10-25(5)11-13-26/h6-9,14-15,19H,10-13H2,1-5H3,(H,24,27)/t19-/m0/s1. The average Bonchev–Trinajstić information content (AvgIpc) is 2.68. The maximum absolute atomic E-state index is 13.1. The number of carbonyl (C=O) groups excluding carboxylic acids is 1. The predicted octanol–water partition coefficient (Wildman–Crippen LogP) is 3.04. The van der Waals surface area contributed by atoms with Crippen molar-refractivity contribution in [3.8, 4) is 0 Å². The first kappa shape index (κ1) is 22.5. The predicted molar refractivity (Wildman–Crippen MR) is 119 cm³/mol. The van der Waals surface area contributed by atoms with Gasteiger partial charge in [0.05, 0.1) is 10.9 Å². The summed E-state index contributed by atoms with van der Waals surface area (Å²) in [6.07, 6.45) is 0. The summed E-state index contributed by atoms with van der Waals surface area (Å²) in [6, 6.07) is 10.8. The highest BCUT2D eigenvalue weighted by Crippen LogP contribution is 2.23. The molecule has 162 valence electrons. The summed E-state index contributed by atoms with van der Waals surface area (Å²) in [5.74, 6) is -0.268. The van der Waals surface area contributed by atoms with Gasteiger partial charge in [0, 0.05) is 31.7 Å². The van der Waals surface area contributed by atoms with E-state index in [2.05, 4.69) is 16.3 Å². The van der Waals surface area contributed by atoms with Crippen LogP contribution in [0.4, 0.5) is 0 Å². The SMILES string of the molecule is Cc1ccc([C@H](C)NC(=O)c2cc(S(=O)(=O)N3CCN(C)CC3)ccc2C)c(C)c1. The van der Waals surface area contributed by atoms with Crippen LogP contribution in [0, 0.1) is 20.8 Å². The van der Waals surface area contributed by atoms with Gasteiger partial charge in [-0.25, -0.2) is 8.42 Å². The number of sulfonamides is 1. The molecule has 2 aromatic rings. The lowest BCUT2D eigenvalue weighted by molar-refractivity contribution is 0.0939. The molecule has 0 aromatic heterocycles. The number of nitrogens with one attached hydrogen (secondary N) is 1. The summed E-state index contributed by atoms with van der Waals surface area (Å²) >= 11 is 0. The number of rotatable bonds is 5. The number of nitrogens with zero attached hydrogens (tertiary/aromatic N) is 2. The van der Waals surface area contributed by atoms with Crippen LogP contribution in [-0.4, -0.2) is 56.8 Å². The third-order valence-electron chi connectivity index (χ3n) is 5.79. The number of likely N-dealkylation sites (N-methyl/N-ethyl adjacent to an activating group) is 1. The van der Waals surface area contributed by atoms with E-state index in [1.165, 1.54) is 15.9 Å². The van der Waals surface area contributed by atoms with Gasteiger partial charge in [0.25, 0.3) is 5.91 Å². The average molecular weight is 430 g/mol. The Morgan fingerprint density at radius 2 is 1.63 bits per heavy atom. The van der Waals surface area contributed by atoms with Crippen LogP contribution < -0.4 is 5.32 Å². The first-order valence-electron chi connectivity index (χ1n) is 10.3. The quantitative estimate of drug-likeness (QED) is 0.793. The van der Waals surface area contributed by atoms with Crippen molar-refractivity contribution in [2.75, 3.05) is 33.2 Å². The first-order chi connectivity index (χ1) is 14.1. The summed E-state index contributed by atoms with van der Waals surface area (Å²) in [4.78, 5) is 15.3. The van der Waals surface area contributed by atoms with Gasteiger partial charge >= 0.3 is 0 Å². The maximum Gasteiger partial charge on any atom is 0.252 e. The highest BCUT2D eigenvalue weighted by Gasteiger charge is 2.28. The van der Waals surface area contributed by atoms with E-state index in [-0.39, 0.29) is 16.8 Å². The third kappa shape index (κ3) is 4.74. The van der Waals surface area contributed by atoms with E-state index < -0.39 is 10.0 Å². The van der Waals surface area contributed by atoms with Crippen molar-refractivity contribution in [1.29, 1.82) is 0 Å². The Morgan fingerprint density at radius 3 is 2.27 bits per heavy atom. The maximum atomic E-state index is 13.1. The molecule has 1 N–H and O–H groups in total. The van der Waals surface area contributed by atoms with E-state index in [1.54, 1.807) is 12.1 Å². The number of hydrogen-bond acceptors (Lipinski definition) is 4. The fourth-order valence-corrected chi connectivity index (χ4v) is 5.30. The highest BCUT2D eigenvalue weighted by molar-refractivity contribution is 7.89. The second-order valence-corrected chi connectivity index (χ2v) is 10.2. The van der Waals surface area contributed by atoms with Crippen molar-refractivity contribution in [2.45, 2.75) is 38.6 Å². The fourth-order valence-electron chi connectivity index (χ4n) is 3.85. The van der Waals surface area contributed by atoms with Crippen molar-refractivity contribution >= 4 is 15.9 Å². The van der Waals surface area contributed by atoms with Crippen molar-refractivity contribution in [2.24, 2.45) is 0 Å². The zero-order chi connectivity index (χ0) is 22.1. The monoisotopic (exact) mass is 429 g/mol. The van der Waals surface area contributed by atoms with Gasteiger partial charge in [0.1, 0.15) is 0 Å². The molecule has 1 amide bonds. The Bertz CT molecular complexity index is 1040. The Hall–Kier alpha value is -2.22. The Kier molecular flexibility index (Phi) is 6.65. The summed E-state index contributed by atoms with van der Waals surface area (Å²) in [7, 11) is -1.64. The minimum absolute atomic E-state index is 0.168. The van der Waals surface area contributed by atoms with E-state index in [1.807, 2.05) is 46.9 Å². The Morgan fingerprint density at radius 1 is 0.967 bits per heavy atom. The van der Waals surface area contributed by atoms with Crippen LogP contribution in [0.3, 0.4) is 0 Å². The van der Waals surface area contributed by atoms with E-state index in [9.17, 15) is 13.2 Å². The number of benzene rings is 2. The number of amides is 1. The topological polar surface area (TPSA) is 69.7 Å². The van der Waals surface area contributed by atoms with Crippen LogP contribution in [0.25, 0.3) is 0 Å². The largest absolute Gasteiger partial charge is 0.345 e. The van der Waals surface area contributed by atoms with Crippen molar-refractivity contribution in [3.05, 3.63) is 64.2 Å². The molecule has 0 unspecified atom stereocenters. The molecule has 1 aliphatic rings. The van der Waals surface area contributed by atoms with Gasteiger partial charge in [-0.05, 0) is 63.6 Å². The van der Waals surface area contributed by atoms with Gasteiger partial charge in [-0.3, -0.25) is 4.79 Å². The van der Waals surface area contributed by atoms with Gasteiger partial charge in [-0.2, -0.15) is 4.31 Å². The summed E-state index contributed by atoms with van der Waals surface area (Å²) in [5.41, 5.74) is 4.48. The molecule has 1 fully saturated rings. The van der Waals surface area contributed by atoms with Gasteiger partial charge in [0.15, 0.2) is 0 Å². The molecule has 6 nitrogen and oxygen atoms in total. The molecule has 1 heterocycles. The molecular weight excluding hydrogens is 398 g/mol. The summed E-state index contributed by atoms with van der Waals surface area (Å²) in [5, 5.41) is 3.02. The second kappa shape index (κ2) is 8.88. The lowest BCUT2D eigenvalue weighted by atomic mass is 9.99. The third-order valence-corrected chi connectivity index (χ3v) is 7.69. The molecule has 3 rings (SSSR count). The first-order valence-corrected chi connectivity index (χ1v) is 11.7.